The van der Waals surface area contributed by atoms with E-state index in [1.165, 1.54) is 6.20 Å². The van der Waals surface area contributed by atoms with E-state index in [-0.39, 0.29) is 5.82 Å². The number of rotatable bonds is 6. The molecule has 1 aliphatic rings. The predicted octanol–water partition coefficient (Wildman–Crippen LogP) is 0.731. The van der Waals surface area contributed by atoms with Gasteiger partial charge >= 0.3 is 0 Å². The predicted molar refractivity (Wildman–Crippen MR) is 83.4 cm³/mol. The van der Waals surface area contributed by atoms with Gasteiger partial charge in [-0.15, -0.1) is 0 Å². The lowest BCUT2D eigenvalue weighted by atomic mass is 10.3. The van der Waals surface area contributed by atoms with E-state index in [4.69, 9.17) is 0 Å². The molecular weight excluding hydrogens is 271 g/mol. The van der Waals surface area contributed by atoms with Crippen LogP contribution < -0.4 is 10.2 Å². The van der Waals surface area contributed by atoms with Gasteiger partial charge in [0, 0.05) is 45.8 Å². The lowest BCUT2D eigenvalue weighted by Gasteiger charge is -2.35. The molecular formula is C14H25FN6. The zero-order valence-electron chi connectivity index (χ0n) is 13.1. The number of likely N-dealkylation sites (N-methyl/N-ethyl adjacent to an activating group) is 1. The Bertz CT molecular complexity index is 445. The van der Waals surface area contributed by atoms with Gasteiger partial charge < -0.3 is 15.1 Å². The summed E-state index contributed by atoms with van der Waals surface area (Å²) in [5.41, 5.74) is 0. The SMILES string of the molecule is CCNc1ncc(F)c(N2CCN(CCN(C)C)CC2)n1. The lowest BCUT2D eigenvalue weighted by molar-refractivity contribution is 0.228. The van der Waals surface area contributed by atoms with Crippen LogP contribution in [0.3, 0.4) is 0 Å². The zero-order chi connectivity index (χ0) is 15.2. The fourth-order valence-corrected chi connectivity index (χ4v) is 2.35. The maximum absolute atomic E-state index is 13.9. The molecule has 0 aromatic carbocycles. The first-order chi connectivity index (χ1) is 10.1. The summed E-state index contributed by atoms with van der Waals surface area (Å²) in [6.07, 6.45) is 1.25. The van der Waals surface area contributed by atoms with Crippen LogP contribution in [0.25, 0.3) is 0 Å². The largest absolute Gasteiger partial charge is 0.354 e. The number of hydrogen-bond donors (Lipinski definition) is 1. The Kier molecular flexibility index (Phi) is 5.69. The lowest BCUT2D eigenvalue weighted by Crippen LogP contribution is -2.48. The minimum absolute atomic E-state index is 0.349. The smallest absolute Gasteiger partial charge is 0.224 e. The Morgan fingerprint density at radius 3 is 2.62 bits per heavy atom. The third kappa shape index (κ3) is 4.50. The van der Waals surface area contributed by atoms with Crippen LogP contribution in [0.4, 0.5) is 16.2 Å². The molecule has 2 rings (SSSR count). The van der Waals surface area contributed by atoms with Crippen molar-refractivity contribution in [3.63, 3.8) is 0 Å². The van der Waals surface area contributed by atoms with Gasteiger partial charge in [-0.1, -0.05) is 0 Å². The van der Waals surface area contributed by atoms with Crippen molar-refractivity contribution in [3.8, 4) is 0 Å². The van der Waals surface area contributed by atoms with E-state index in [1.54, 1.807) is 0 Å². The Morgan fingerprint density at radius 2 is 2.00 bits per heavy atom. The van der Waals surface area contributed by atoms with Crippen molar-refractivity contribution in [1.82, 2.24) is 19.8 Å². The van der Waals surface area contributed by atoms with Crippen molar-refractivity contribution >= 4 is 11.8 Å². The minimum atomic E-state index is -0.349. The van der Waals surface area contributed by atoms with Crippen molar-refractivity contribution < 1.29 is 4.39 Å². The fraction of sp³-hybridized carbons (Fsp3) is 0.714. The summed E-state index contributed by atoms with van der Waals surface area (Å²) in [6.45, 7) is 8.27. The first-order valence-corrected chi connectivity index (χ1v) is 7.48. The van der Waals surface area contributed by atoms with Gasteiger partial charge in [-0.05, 0) is 21.0 Å². The second-order valence-electron chi connectivity index (χ2n) is 5.53. The van der Waals surface area contributed by atoms with Gasteiger partial charge in [-0.2, -0.15) is 4.98 Å². The Balaban J connectivity index is 1.93. The zero-order valence-corrected chi connectivity index (χ0v) is 13.1. The molecule has 7 heteroatoms. The quantitative estimate of drug-likeness (QED) is 0.835. The van der Waals surface area contributed by atoms with Crippen molar-refractivity contribution in [3.05, 3.63) is 12.0 Å². The molecule has 0 radical (unpaired) electrons. The first-order valence-electron chi connectivity index (χ1n) is 7.48. The molecule has 1 aliphatic heterocycles. The summed E-state index contributed by atoms with van der Waals surface area (Å²) in [5, 5.41) is 3.02. The second-order valence-corrected chi connectivity index (χ2v) is 5.53. The molecule has 1 aromatic heterocycles. The van der Waals surface area contributed by atoms with E-state index < -0.39 is 0 Å². The topological polar surface area (TPSA) is 47.5 Å². The molecule has 0 atom stereocenters. The third-order valence-electron chi connectivity index (χ3n) is 3.60. The van der Waals surface area contributed by atoms with Crippen LogP contribution in [0.2, 0.25) is 0 Å². The highest BCUT2D eigenvalue weighted by atomic mass is 19.1. The van der Waals surface area contributed by atoms with Gasteiger partial charge in [0.25, 0.3) is 0 Å². The van der Waals surface area contributed by atoms with E-state index >= 15 is 0 Å². The highest BCUT2D eigenvalue weighted by molar-refractivity contribution is 5.44. The molecule has 118 valence electrons. The van der Waals surface area contributed by atoms with Crippen LogP contribution in [-0.4, -0.2) is 79.7 Å². The van der Waals surface area contributed by atoms with Gasteiger partial charge in [-0.25, -0.2) is 9.37 Å². The Labute approximate surface area is 126 Å². The molecule has 1 saturated heterocycles. The highest BCUT2D eigenvalue weighted by Gasteiger charge is 2.21. The van der Waals surface area contributed by atoms with Gasteiger partial charge in [0.15, 0.2) is 11.6 Å². The Morgan fingerprint density at radius 1 is 1.29 bits per heavy atom. The number of nitrogens with zero attached hydrogens (tertiary/aromatic N) is 5. The molecule has 1 aromatic rings. The number of piperazine rings is 1. The molecule has 0 amide bonds. The van der Waals surface area contributed by atoms with Gasteiger partial charge in [0.1, 0.15) is 0 Å². The van der Waals surface area contributed by atoms with Crippen LogP contribution in [0.5, 0.6) is 0 Å². The summed E-state index contributed by atoms with van der Waals surface area (Å²) in [5.74, 6) is 0.551. The Hall–Kier alpha value is -1.47. The van der Waals surface area contributed by atoms with Crippen LogP contribution >= 0.6 is 0 Å². The summed E-state index contributed by atoms with van der Waals surface area (Å²) in [4.78, 5) is 14.8. The third-order valence-corrected chi connectivity index (χ3v) is 3.60. The number of nitrogens with one attached hydrogen (secondary N) is 1. The molecule has 6 nitrogen and oxygen atoms in total. The summed E-state index contributed by atoms with van der Waals surface area (Å²) in [6, 6.07) is 0. The van der Waals surface area contributed by atoms with E-state index in [0.717, 1.165) is 45.8 Å². The number of aromatic nitrogens is 2. The molecule has 2 heterocycles. The van der Waals surface area contributed by atoms with E-state index in [0.29, 0.717) is 11.8 Å². The van der Waals surface area contributed by atoms with Gasteiger partial charge in [0.2, 0.25) is 5.95 Å². The number of halogens is 1. The summed E-state index contributed by atoms with van der Waals surface area (Å²) >= 11 is 0. The van der Waals surface area contributed by atoms with Crippen molar-refractivity contribution in [2.24, 2.45) is 0 Å². The minimum Gasteiger partial charge on any atom is -0.354 e. The van der Waals surface area contributed by atoms with Gasteiger partial charge in [0.05, 0.1) is 6.20 Å². The molecule has 0 aliphatic carbocycles. The highest BCUT2D eigenvalue weighted by Crippen LogP contribution is 2.19. The maximum Gasteiger partial charge on any atom is 0.224 e. The average Bonchev–Trinajstić information content (AvgIpc) is 2.48. The van der Waals surface area contributed by atoms with E-state index in [2.05, 4.69) is 39.2 Å². The fourth-order valence-electron chi connectivity index (χ4n) is 2.35. The van der Waals surface area contributed by atoms with Crippen LogP contribution in [0.1, 0.15) is 6.92 Å². The van der Waals surface area contributed by atoms with Crippen molar-refractivity contribution in [1.29, 1.82) is 0 Å². The van der Waals surface area contributed by atoms with Crippen LogP contribution in [0.15, 0.2) is 6.20 Å². The maximum atomic E-state index is 13.9. The average molecular weight is 296 g/mol. The molecule has 1 N–H and O–H groups in total. The van der Waals surface area contributed by atoms with E-state index in [1.807, 2.05) is 11.8 Å². The van der Waals surface area contributed by atoms with Crippen LogP contribution in [-0.2, 0) is 0 Å². The molecule has 0 bridgehead atoms. The number of hydrogen-bond acceptors (Lipinski definition) is 6. The molecule has 1 fully saturated rings. The molecule has 21 heavy (non-hydrogen) atoms. The summed E-state index contributed by atoms with van der Waals surface area (Å²) < 4.78 is 13.9. The van der Waals surface area contributed by atoms with Gasteiger partial charge in [-0.3, -0.25) is 4.90 Å². The van der Waals surface area contributed by atoms with E-state index in [9.17, 15) is 4.39 Å². The standard InChI is InChI=1S/C14H25FN6/c1-4-16-14-17-11-12(15)13(18-14)21-9-7-20(8-10-21)6-5-19(2)3/h11H,4-10H2,1-3H3,(H,16,17,18). The first kappa shape index (κ1) is 15.9. The normalized spacial score (nSPS) is 16.5. The molecule has 0 spiro atoms. The second kappa shape index (κ2) is 7.51. The van der Waals surface area contributed by atoms with Crippen LogP contribution in [0, 0.1) is 5.82 Å². The van der Waals surface area contributed by atoms with Crippen molar-refractivity contribution in [2.45, 2.75) is 6.92 Å². The monoisotopic (exact) mass is 296 g/mol. The summed E-state index contributed by atoms with van der Waals surface area (Å²) in [7, 11) is 4.16. The number of anilines is 2. The molecule has 0 unspecified atom stereocenters. The van der Waals surface area contributed by atoms with Crippen molar-refractivity contribution in [2.75, 3.05) is 70.1 Å². The molecule has 0 saturated carbocycles.